The molecule has 1 N–H and O–H groups in total. The maximum absolute atomic E-state index is 13.5. The van der Waals surface area contributed by atoms with Crippen LogP contribution in [-0.4, -0.2) is 66.1 Å². The molecule has 0 bridgehead atoms. The first-order valence-electron chi connectivity index (χ1n) is 15.4. The zero-order chi connectivity index (χ0) is 26.8. The van der Waals surface area contributed by atoms with E-state index < -0.39 is 0 Å². The average Bonchev–Trinajstić information content (AvgIpc) is 3.33. The van der Waals surface area contributed by atoms with Gasteiger partial charge in [-0.3, -0.25) is 14.6 Å². The normalized spacial score (nSPS) is 41.8. The Morgan fingerprint density at radius 1 is 1.03 bits per heavy atom. The number of carbonyl (C=O) groups excluding carboxylic acids is 1. The highest BCUT2D eigenvalue weighted by molar-refractivity contribution is 5.88. The first kappa shape index (κ1) is 27.6. The molecule has 208 valence electrons. The molecule has 7 atom stereocenters. The molecule has 0 amide bonds. The van der Waals surface area contributed by atoms with E-state index in [-0.39, 0.29) is 29.5 Å². The van der Waals surface area contributed by atoms with Crippen LogP contribution in [0.25, 0.3) is 0 Å². The van der Waals surface area contributed by atoms with E-state index in [1.165, 1.54) is 44.9 Å². The van der Waals surface area contributed by atoms with Crippen LogP contribution in [0.5, 0.6) is 0 Å². The van der Waals surface area contributed by atoms with Crippen molar-refractivity contribution in [3.8, 4) is 0 Å². The van der Waals surface area contributed by atoms with E-state index in [0.717, 1.165) is 44.2 Å². The second-order valence-corrected chi connectivity index (χ2v) is 14.6. The van der Waals surface area contributed by atoms with Crippen molar-refractivity contribution in [2.24, 2.45) is 34.5 Å². The number of aliphatic hydroxyl groups is 1. The van der Waals surface area contributed by atoms with Crippen LogP contribution in [-0.2, 0) is 4.79 Å². The van der Waals surface area contributed by atoms with Gasteiger partial charge in [-0.2, -0.15) is 0 Å². The van der Waals surface area contributed by atoms with E-state index in [4.69, 9.17) is 0 Å². The Balaban J connectivity index is 1.33. The summed E-state index contributed by atoms with van der Waals surface area (Å²) in [5, 5.41) is 9.47. The van der Waals surface area contributed by atoms with Gasteiger partial charge in [0.15, 0.2) is 5.78 Å². The van der Waals surface area contributed by atoms with Crippen molar-refractivity contribution in [1.29, 1.82) is 0 Å². The number of allylic oxidation sites excluding steroid dienone is 3. The molecule has 1 saturated heterocycles. The van der Waals surface area contributed by atoms with Crippen molar-refractivity contribution in [1.82, 2.24) is 9.80 Å². The molecule has 0 radical (unpaired) electrons. The zero-order valence-corrected chi connectivity index (χ0v) is 24.9. The molecule has 1 heterocycles. The monoisotopic (exact) mass is 510 g/mol. The van der Waals surface area contributed by atoms with Crippen LogP contribution >= 0.6 is 0 Å². The van der Waals surface area contributed by atoms with Gasteiger partial charge in [-0.1, -0.05) is 43.6 Å². The van der Waals surface area contributed by atoms with Gasteiger partial charge < -0.3 is 5.11 Å². The van der Waals surface area contributed by atoms with Crippen LogP contribution in [0.3, 0.4) is 0 Å². The van der Waals surface area contributed by atoms with Gasteiger partial charge >= 0.3 is 0 Å². The maximum atomic E-state index is 13.5. The number of likely N-dealkylation sites (N-methyl/N-ethyl adjacent to an activating group) is 1. The summed E-state index contributed by atoms with van der Waals surface area (Å²) in [5.74, 6) is 2.99. The molecule has 0 aromatic carbocycles. The molecule has 37 heavy (non-hydrogen) atoms. The van der Waals surface area contributed by atoms with Gasteiger partial charge in [-0.15, -0.1) is 0 Å². The fourth-order valence-electron chi connectivity index (χ4n) is 10.2. The molecule has 2 saturated carbocycles. The molecule has 3 fully saturated rings. The average molecular weight is 511 g/mol. The molecule has 4 nitrogen and oxygen atoms in total. The number of likely N-dealkylation sites (tertiary alicyclic amines) is 1. The highest BCUT2D eigenvalue weighted by atomic mass is 16.3. The van der Waals surface area contributed by atoms with Gasteiger partial charge in [0, 0.05) is 24.5 Å². The van der Waals surface area contributed by atoms with E-state index in [1.807, 2.05) is 0 Å². The van der Waals surface area contributed by atoms with Crippen LogP contribution in [0.4, 0.5) is 0 Å². The number of β-amino-alcohol motifs (C(OH)–C–C–N with tert-alkyl or cyclic N) is 1. The molecular weight excluding hydrogens is 456 g/mol. The molecule has 4 aliphatic carbocycles. The Bertz CT molecular complexity index is 963. The number of carbonyl (C=O) groups is 1. The van der Waals surface area contributed by atoms with Gasteiger partial charge in [0.2, 0.25) is 0 Å². The van der Waals surface area contributed by atoms with Gasteiger partial charge in [-0.25, -0.2) is 0 Å². The highest BCUT2D eigenvalue weighted by Gasteiger charge is 2.57. The van der Waals surface area contributed by atoms with Crippen LogP contribution in [0.1, 0.15) is 98.8 Å². The number of nitrogens with zero attached hydrogens (tertiary/aromatic N) is 2. The Labute approximate surface area is 226 Å². The number of aliphatic hydroxyl groups excluding tert-OH is 1. The molecule has 0 aromatic rings. The first-order chi connectivity index (χ1) is 17.4. The van der Waals surface area contributed by atoms with Crippen LogP contribution in [0, 0.1) is 34.5 Å². The third kappa shape index (κ3) is 4.32. The second kappa shape index (κ2) is 9.89. The summed E-state index contributed by atoms with van der Waals surface area (Å²) in [4.78, 5) is 18.1. The van der Waals surface area contributed by atoms with Crippen molar-refractivity contribution < 1.29 is 9.90 Å². The van der Waals surface area contributed by atoms with Crippen LogP contribution in [0.2, 0.25) is 0 Å². The van der Waals surface area contributed by atoms with Gasteiger partial charge in [0.05, 0.1) is 12.6 Å². The minimum atomic E-state index is 0.0756. The molecule has 5 aliphatic rings. The smallest absolute Gasteiger partial charge is 0.153 e. The number of rotatable bonds is 6. The van der Waals surface area contributed by atoms with Crippen molar-refractivity contribution in [2.45, 2.75) is 110 Å². The largest absolute Gasteiger partial charge is 0.395 e. The third-order valence-corrected chi connectivity index (χ3v) is 12.5. The predicted octanol–water partition coefficient (Wildman–Crippen LogP) is 6.25. The molecular formula is C33H54N2O2. The summed E-state index contributed by atoms with van der Waals surface area (Å²) in [6.45, 7) is 14.4. The van der Waals surface area contributed by atoms with Gasteiger partial charge in [0.1, 0.15) is 0 Å². The van der Waals surface area contributed by atoms with Crippen molar-refractivity contribution in [2.75, 3.05) is 33.8 Å². The topological polar surface area (TPSA) is 43.8 Å². The Kier molecular flexibility index (Phi) is 7.38. The highest BCUT2D eigenvalue weighted by Crippen LogP contribution is 2.65. The quantitative estimate of drug-likeness (QED) is 0.429. The molecule has 2 unspecified atom stereocenters. The van der Waals surface area contributed by atoms with Crippen LogP contribution < -0.4 is 0 Å². The fourth-order valence-corrected chi connectivity index (χ4v) is 10.2. The summed E-state index contributed by atoms with van der Waals surface area (Å²) in [6, 6.07) is 0.125. The lowest BCUT2D eigenvalue weighted by molar-refractivity contribution is -0.135. The third-order valence-electron chi connectivity index (χ3n) is 12.5. The number of ketones is 1. The Hall–Kier alpha value is -0.970. The summed E-state index contributed by atoms with van der Waals surface area (Å²) >= 11 is 0. The zero-order valence-electron chi connectivity index (χ0n) is 24.9. The van der Waals surface area contributed by atoms with Crippen LogP contribution in [0.15, 0.2) is 22.8 Å². The minimum absolute atomic E-state index is 0.0756. The first-order valence-corrected chi connectivity index (χ1v) is 15.4. The second-order valence-electron chi connectivity index (χ2n) is 14.6. The molecule has 0 aromatic heterocycles. The van der Waals surface area contributed by atoms with E-state index >= 15 is 0 Å². The predicted molar refractivity (Wildman–Crippen MR) is 152 cm³/mol. The molecule has 1 aliphatic heterocycles. The summed E-state index contributed by atoms with van der Waals surface area (Å²) in [6.07, 6.45) is 14.6. The fraction of sp³-hybridized carbons (Fsp3) is 0.848. The SMILES string of the molecule is C[C@H](C/C=C1\CCN(CCO)C1(C)C)[C@H]1CCC2C3=C(CC[C@@]21C)[C@@]1(C)CC[C@H](N(C)C)C(=O)C1CC3. The summed E-state index contributed by atoms with van der Waals surface area (Å²) < 4.78 is 0. The summed E-state index contributed by atoms with van der Waals surface area (Å²) in [7, 11) is 4.17. The lowest BCUT2D eigenvalue weighted by atomic mass is 9.50. The molecule has 4 heteroatoms. The van der Waals surface area contributed by atoms with E-state index in [9.17, 15) is 9.90 Å². The summed E-state index contributed by atoms with van der Waals surface area (Å²) in [5.41, 5.74) is 5.70. The lowest BCUT2D eigenvalue weighted by Crippen LogP contribution is -2.53. The standard InChI is InChI=1S/C33H54N2O2/c1-22(8-9-23-16-19-35(20-21-36)31(23,2)3)25-12-13-26-24-10-11-28-30(37)29(34(6)7)15-18-33(28,5)27(24)14-17-32(25,26)4/h9,22,25-26,28-29,36H,8,10-21H2,1-7H3/b23-9+/t22-,25-,26?,28?,29+,32-,33-/m1/s1. The van der Waals surface area contributed by atoms with Crippen molar-refractivity contribution in [3.63, 3.8) is 0 Å². The minimum Gasteiger partial charge on any atom is -0.395 e. The van der Waals surface area contributed by atoms with Crippen molar-refractivity contribution >= 4 is 5.78 Å². The Morgan fingerprint density at radius 2 is 1.78 bits per heavy atom. The van der Waals surface area contributed by atoms with E-state index in [0.29, 0.717) is 17.1 Å². The van der Waals surface area contributed by atoms with Crippen molar-refractivity contribution in [3.05, 3.63) is 22.8 Å². The van der Waals surface area contributed by atoms with E-state index in [1.54, 1.807) is 16.7 Å². The molecule has 0 spiro atoms. The van der Waals surface area contributed by atoms with Gasteiger partial charge in [-0.05, 0) is 121 Å². The number of Topliss-reactive ketones (excluding diaryl/α,β-unsaturated/α-hetero) is 1. The molecule has 5 rings (SSSR count). The van der Waals surface area contributed by atoms with Gasteiger partial charge in [0.25, 0.3) is 0 Å². The van der Waals surface area contributed by atoms with E-state index in [2.05, 4.69) is 64.6 Å². The number of hydrogen-bond acceptors (Lipinski definition) is 4. The number of hydrogen-bond donors (Lipinski definition) is 1. The number of fused-ring (bicyclic) bond motifs is 4. The Morgan fingerprint density at radius 3 is 2.49 bits per heavy atom. The maximum Gasteiger partial charge on any atom is 0.153 e. The lowest BCUT2D eigenvalue weighted by Gasteiger charge is -2.55.